The largest absolute Gasteiger partial charge is 0.465 e. The van der Waals surface area contributed by atoms with Gasteiger partial charge in [0.1, 0.15) is 5.54 Å². The van der Waals surface area contributed by atoms with E-state index in [4.69, 9.17) is 10.5 Å². The molecule has 4 nitrogen and oxygen atoms in total. The van der Waals surface area contributed by atoms with Crippen LogP contribution in [0.3, 0.4) is 0 Å². The van der Waals surface area contributed by atoms with Crippen molar-refractivity contribution in [1.82, 2.24) is 4.90 Å². The Balaban J connectivity index is 2.22. The topological polar surface area (TPSA) is 55.6 Å². The number of piperidine rings is 1. The fourth-order valence-corrected chi connectivity index (χ4v) is 2.35. The van der Waals surface area contributed by atoms with Gasteiger partial charge in [0.25, 0.3) is 0 Å². The number of hydrogen-bond acceptors (Lipinski definition) is 4. The quantitative estimate of drug-likeness (QED) is 0.736. The first-order valence-corrected chi connectivity index (χ1v) is 7.14. The number of nitrogens with two attached hydrogens (primary N) is 1. The molecule has 0 spiro atoms. The molecule has 4 heteroatoms. The van der Waals surface area contributed by atoms with Gasteiger partial charge in [-0.05, 0) is 65.1 Å². The Morgan fingerprint density at radius 3 is 2.61 bits per heavy atom. The molecule has 1 heterocycles. The number of esters is 1. The minimum absolute atomic E-state index is 0.280. The fourth-order valence-electron chi connectivity index (χ4n) is 2.35. The number of likely N-dealkylation sites (tertiary alicyclic amines) is 1. The first kappa shape index (κ1) is 15.4. The summed E-state index contributed by atoms with van der Waals surface area (Å²) in [6, 6.07) is 0. The van der Waals surface area contributed by atoms with Crippen LogP contribution in [0.2, 0.25) is 0 Å². The molecule has 1 atom stereocenters. The van der Waals surface area contributed by atoms with Crippen molar-refractivity contribution >= 4 is 5.97 Å². The van der Waals surface area contributed by atoms with E-state index in [9.17, 15) is 4.79 Å². The number of carbonyl (C=O) groups excluding carboxylic acids is 1. The van der Waals surface area contributed by atoms with Gasteiger partial charge in [0.05, 0.1) is 6.61 Å². The summed E-state index contributed by atoms with van der Waals surface area (Å²) < 4.78 is 4.99. The molecule has 1 aliphatic heterocycles. The van der Waals surface area contributed by atoms with Gasteiger partial charge in [-0.15, -0.1) is 0 Å². The second-order valence-electron chi connectivity index (χ2n) is 5.77. The summed E-state index contributed by atoms with van der Waals surface area (Å²) in [6.07, 6.45) is 4.23. The molecule has 0 radical (unpaired) electrons. The van der Waals surface area contributed by atoms with Crippen molar-refractivity contribution in [1.29, 1.82) is 0 Å². The minimum atomic E-state index is -0.834. The molecule has 0 bridgehead atoms. The van der Waals surface area contributed by atoms with Crippen LogP contribution in [0, 0.1) is 5.92 Å². The SMILES string of the molecule is CCOC(=O)C(C)(N)CCCN1CCC(C)CC1. The Morgan fingerprint density at radius 1 is 1.44 bits per heavy atom. The molecule has 1 aliphatic rings. The second-order valence-corrected chi connectivity index (χ2v) is 5.77. The van der Waals surface area contributed by atoms with Crippen LogP contribution in [0.5, 0.6) is 0 Å². The van der Waals surface area contributed by atoms with Crippen LogP contribution in [-0.2, 0) is 9.53 Å². The molecule has 0 saturated carbocycles. The highest BCUT2D eigenvalue weighted by Crippen LogP contribution is 2.17. The summed E-state index contributed by atoms with van der Waals surface area (Å²) in [4.78, 5) is 14.1. The van der Waals surface area contributed by atoms with Crippen molar-refractivity contribution in [2.24, 2.45) is 11.7 Å². The lowest BCUT2D eigenvalue weighted by molar-refractivity contribution is -0.149. The first-order valence-electron chi connectivity index (χ1n) is 7.14. The summed E-state index contributed by atoms with van der Waals surface area (Å²) in [5.41, 5.74) is 5.16. The van der Waals surface area contributed by atoms with Gasteiger partial charge in [0.15, 0.2) is 0 Å². The van der Waals surface area contributed by atoms with E-state index in [0.717, 1.165) is 18.9 Å². The Bertz CT molecular complexity index is 259. The zero-order chi connectivity index (χ0) is 13.6. The van der Waals surface area contributed by atoms with Crippen molar-refractivity contribution in [2.75, 3.05) is 26.2 Å². The third-order valence-corrected chi connectivity index (χ3v) is 3.79. The van der Waals surface area contributed by atoms with Crippen molar-refractivity contribution in [3.8, 4) is 0 Å². The number of carbonyl (C=O) groups is 1. The third-order valence-electron chi connectivity index (χ3n) is 3.79. The highest BCUT2D eigenvalue weighted by atomic mass is 16.5. The van der Waals surface area contributed by atoms with E-state index in [2.05, 4.69) is 11.8 Å². The van der Waals surface area contributed by atoms with Gasteiger partial charge in [-0.3, -0.25) is 4.79 Å². The lowest BCUT2D eigenvalue weighted by Crippen LogP contribution is -2.46. The lowest BCUT2D eigenvalue weighted by atomic mass is 9.96. The monoisotopic (exact) mass is 256 g/mol. The summed E-state index contributed by atoms with van der Waals surface area (Å²) in [7, 11) is 0. The minimum Gasteiger partial charge on any atom is -0.465 e. The van der Waals surface area contributed by atoms with Crippen LogP contribution in [0.1, 0.15) is 46.5 Å². The van der Waals surface area contributed by atoms with Crippen molar-refractivity contribution in [3.63, 3.8) is 0 Å². The van der Waals surface area contributed by atoms with Gasteiger partial charge in [0.2, 0.25) is 0 Å². The molecule has 0 amide bonds. The summed E-state index contributed by atoms with van der Waals surface area (Å²) in [5, 5.41) is 0. The lowest BCUT2D eigenvalue weighted by Gasteiger charge is -2.31. The second kappa shape index (κ2) is 7.10. The van der Waals surface area contributed by atoms with Gasteiger partial charge in [-0.25, -0.2) is 0 Å². The molecular formula is C14H28N2O2. The Labute approximate surface area is 111 Å². The van der Waals surface area contributed by atoms with Gasteiger partial charge in [-0.1, -0.05) is 6.92 Å². The molecule has 2 N–H and O–H groups in total. The fraction of sp³-hybridized carbons (Fsp3) is 0.929. The standard InChI is InChI=1S/C14H28N2O2/c1-4-18-13(17)14(3,15)8-5-9-16-10-6-12(2)7-11-16/h12H,4-11,15H2,1-3H3. The van der Waals surface area contributed by atoms with E-state index in [1.54, 1.807) is 6.92 Å². The van der Waals surface area contributed by atoms with E-state index >= 15 is 0 Å². The number of rotatable bonds is 6. The molecule has 0 aliphatic carbocycles. The van der Waals surface area contributed by atoms with Gasteiger partial charge in [-0.2, -0.15) is 0 Å². The van der Waals surface area contributed by atoms with E-state index in [0.29, 0.717) is 13.0 Å². The smallest absolute Gasteiger partial charge is 0.325 e. The maximum atomic E-state index is 11.6. The zero-order valence-corrected chi connectivity index (χ0v) is 12.1. The summed E-state index contributed by atoms with van der Waals surface area (Å²) in [6.45, 7) is 9.69. The van der Waals surface area contributed by atoms with Crippen LogP contribution >= 0.6 is 0 Å². The molecule has 0 aromatic rings. The maximum Gasteiger partial charge on any atom is 0.325 e. The summed E-state index contributed by atoms with van der Waals surface area (Å²) >= 11 is 0. The van der Waals surface area contributed by atoms with Crippen molar-refractivity contribution in [2.45, 2.75) is 52.0 Å². The van der Waals surface area contributed by atoms with E-state index in [1.807, 2.05) is 6.92 Å². The molecule has 1 unspecified atom stereocenters. The van der Waals surface area contributed by atoms with E-state index in [1.165, 1.54) is 25.9 Å². The average Bonchev–Trinajstić information content (AvgIpc) is 2.32. The van der Waals surface area contributed by atoms with Crippen molar-refractivity contribution < 1.29 is 9.53 Å². The highest BCUT2D eigenvalue weighted by molar-refractivity contribution is 5.79. The third kappa shape index (κ3) is 4.94. The van der Waals surface area contributed by atoms with Gasteiger partial charge >= 0.3 is 5.97 Å². The maximum absolute atomic E-state index is 11.6. The van der Waals surface area contributed by atoms with Crippen LogP contribution in [-0.4, -0.2) is 42.6 Å². The van der Waals surface area contributed by atoms with Crippen LogP contribution in [0.4, 0.5) is 0 Å². The Kier molecular flexibility index (Phi) is 6.09. The molecular weight excluding hydrogens is 228 g/mol. The molecule has 1 rings (SSSR count). The predicted molar refractivity (Wildman–Crippen MR) is 73.3 cm³/mol. The molecule has 0 aromatic carbocycles. The summed E-state index contributed by atoms with van der Waals surface area (Å²) in [5.74, 6) is 0.581. The van der Waals surface area contributed by atoms with Crippen LogP contribution in [0.15, 0.2) is 0 Å². The number of ether oxygens (including phenoxy) is 1. The number of hydrogen-bond donors (Lipinski definition) is 1. The van der Waals surface area contributed by atoms with Gasteiger partial charge < -0.3 is 15.4 Å². The normalized spacial score (nSPS) is 21.6. The predicted octanol–water partition coefficient (Wildman–Crippen LogP) is 1.78. The van der Waals surface area contributed by atoms with E-state index in [-0.39, 0.29) is 5.97 Å². The van der Waals surface area contributed by atoms with Crippen molar-refractivity contribution in [3.05, 3.63) is 0 Å². The van der Waals surface area contributed by atoms with Crippen LogP contribution < -0.4 is 5.73 Å². The molecule has 1 fully saturated rings. The van der Waals surface area contributed by atoms with Gasteiger partial charge in [0, 0.05) is 0 Å². The molecule has 18 heavy (non-hydrogen) atoms. The number of nitrogens with zero attached hydrogens (tertiary/aromatic N) is 1. The molecule has 1 saturated heterocycles. The van der Waals surface area contributed by atoms with E-state index < -0.39 is 5.54 Å². The van der Waals surface area contributed by atoms with Crippen LogP contribution in [0.25, 0.3) is 0 Å². The Morgan fingerprint density at radius 2 is 2.06 bits per heavy atom. The highest BCUT2D eigenvalue weighted by Gasteiger charge is 2.29. The Hall–Kier alpha value is -0.610. The molecule has 106 valence electrons. The molecule has 0 aromatic heterocycles. The average molecular weight is 256 g/mol. The first-order chi connectivity index (χ1) is 8.45. The zero-order valence-electron chi connectivity index (χ0n) is 12.1.